The number of rotatable bonds is 2. The summed E-state index contributed by atoms with van der Waals surface area (Å²) < 4.78 is 0.962. The minimum Gasteiger partial charge on any atom is -0.125 e. The minimum absolute atomic E-state index is 0.0160. The first-order chi connectivity index (χ1) is 6.69. The van der Waals surface area contributed by atoms with E-state index in [1.165, 1.54) is 0 Å². The summed E-state index contributed by atoms with van der Waals surface area (Å²) in [6.07, 6.45) is 0. The van der Waals surface area contributed by atoms with Gasteiger partial charge in [-0.3, -0.25) is 0 Å². The summed E-state index contributed by atoms with van der Waals surface area (Å²) in [4.78, 5) is 0. The van der Waals surface area contributed by atoms with Crippen LogP contribution in [-0.2, 0) is 0 Å². The second kappa shape index (κ2) is 5.66. The Kier molecular flexibility index (Phi) is 4.81. The smallest absolute Gasteiger partial charge is 0.0602 e. The Morgan fingerprint density at radius 3 is 2.71 bits per heavy atom. The summed E-state index contributed by atoms with van der Waals surface area (Å²) in [5, 5.41) is 0.702. The number of halogens is 3. The van der Waals surface area contributed by atoms with Crippen LogP contribution in [-0.4, -0.2) is 5.88 Å². The molecule has 0 saturated heterocycles. The molecule has 0 aliphatic rings. The average molecular weight is 292 g/mol. The van der Waals surface area contributed by atoms with Gasteiger partial charge in [-0.05, 0) is 24.6 Å². The zero-order valence-electron chi connectivity index (χ0n) is 7.65. The van der Waals surface area contributed by atoms with Gasteiger partial charge in [0.2, 0.25) is 0 Å². The third-order valence-corrected chi connectivity index (χ3v) is 2.94. The summed E-state index contributed by atoms with van der Waals surface area (Å²) in [6.45, 7) is 1.80. The molecule has 1 aromatic rings. The Morgan fingerprint density at radius 1 is 1.50 bits per heavy atom. The van der Waals surface area contributed by atoms with Crippen LogP contribution in [0.3, 0.4) is 0 Å². The highest BCUT2D eigenvalue weighted by Gasteiger charge is 2.10. The Bertz CT molecular complexity index is 377. The van der Waals surface area contributed by atoms with E-state index in [0.717, 1.165) is 10.0 Å². The van der Waals surface area contributed by atoms with Gasteiger partial charge in [-0.1, -0.05) is 39.5 Å². The van der Waals surface area contributed by atoms with Crippen molar-refractivity contribution in [1.82, 2.24) is 0 Å². The second-order valence-corrected chi connectivity index (χ2v) is 4.40. The molecule has 0 radical (unpaired) electrons. The fourth-order valence-corrected chi connectivity index (χ4v) is 2.21. The molecule has 1 unspecified atom stereocenters. The molecule has 0 bridgehead atoms. The van der Waals surface area contributed by atoms with Crippen molar-refractivity contribution in [1.29, 1.82) is 0 Å². The van der Waals surface area contributed by atoms with E-state index < -0.39 is 0 Å². The summed E-state index contributed by atoms with van der Waals surface area (Å²) in [5.41, 5.74) is 0.985. The summed E-state index contributed by atoms with van der Waals surface area (Å²) in [5.74, 6) is 6.36. The van der Waals surface area contributed by atoms with E-state index in [1.807, 2.05) is 18.2 Å². The predicted molar refractivity (Wildman–Crippen MR) is 66.1 cm³/mol. The third-order valence-electron chi connectivity index (χ3n) is 1.81. The van der Waals surface area contributed by atoms with Crippen molar-refractivity contribution < 1.29 is 0 Å². The molecule has 0 amide bonds. The topological polar surface area (TPSA) is 0 Å². The first kappa shape index (κ1) is 11.9. The number of hydrogen-bond donors (Lipinski definition) is 0. The fraction of sp³-hybridized carbons (Fsp3) is 0.273. The predicted octanol–water partition coefficient (Wildman–Crippen LogP) is 4.45. The zero-order chi connectivity index (χ0) is 10.6. The van der Waals surface area contributed by atoms with Crippen molar-refractivity contribution in [2.75, 3.05) is 5.88 Å². The maximum Gasteiger partial charge on any atom is 0.0602 e. The van der Waals surface area contributed by atoms with Crippen molar-refractivity contribution in [3.63, 3.8) is 0 Å². The van der Waals surface area contributed by atoms with Crippen LogP contribution in [0.2, 0.25) is 5.02 Å². The number of benzene rings is 1. The first-order valence-electron chi connectivity index (χ1n) is 4.12. The quantitative estimate of drug-likeness (QED) is 0.558. The Balaban J connectivity index is 3.08. The van der Waals surface area contributed by atoms with E-state index >= 15 is 0 Å². The minimum atomic E-state index is 0.0160. The molecule has 0 aromatic heterocycles. The van der Waals surface area contributed by atoms with Crippen molar-refractivity contribution in [2.24, 2.45) is 0 Å². The summed E-state index contributed by atoms with van der Waals surface area (Å²) in [6, 6.07) is 5.75. The second-order valence-electron chi connectivity index (χ2n) is 2.77. The number of hydrogen-bond acceptors (Lipinski definition) is 0. The van der Waals surface area contributed by atoms with Crippen molar-refractivity contribution in [3.05, 3.63) is 33.3 Å². The van der Waals surface area contributed by atoms with Gasteiger partial charge in [0.05, 0.1) is 5.92 Å². The number of alkyl halides is 1. The van der Waals surface area contributed by atoms with Crippen LogP contribution in [0.1, 0.15) is 18.4 Å². The molecule has 0 saturated carbocycles. The summed E-state index contributed by atoms with van der Waals surface area (Å²) in [7, 11) is 0. The lowest BCUT2D eigenvalue weighted by Gasteiger charge is -2.09. The van der Waals surface area contributed by atoms with Gasteiger partial charge in [-0.15, -0.1) is 17.5 Å². The van der Waals surface area contributed by atoms with Gasteiger partial charge in [0.25, 0.3) is 0 Å². The molecular weight excluding hydrogens is 283 g/mol. The van der Waals surface area contributed by atoms with Crippen molar-refractivity contribution >= 4 is 39.1 Å². The molecule has 0 N–H and O–H groups in total. The standard InChI is InChI=1S/C11H9BrCl2/c1-2-3-8(7-13)10-5-4-9(12)6-11(10)14/h4-6,8H,7H2,1H3. The van der Waals surface area contributed by atoms with Crippen LogP contribution in [0.15, 0.2) is 22.7 Å². The van der Waals surface area contributed by atoms with E-state index in [0.29, 0.717) is 10.9 Å². The fourth-order valence-electron chi connectivity index (χ4n) is 1.16. The SMILES string of the molecule is CC#CC(CCl)c1ccc(Br)cc1Cl. The molecule has 1 atom stereocenters. The molecule has 1 rings (SSSR count). The van der Waals surface area contributed by atoms with E-state index in [9.17, 15) is 0 Å². The lowest BCUT2D eigenvalue weighted by atomic mass is 10.0. The molecule has 0 fully saturated rings. The van der Waals surface area contributed by atoms with Gasteiger partial charge in [0, 0.05) is 15.4 Å². The van der Waals surface area contributed by atoms with Gasteiger partial charge >= 0.3 is 0 Å². The van der Waals surface area contributed by atoms with Crippen LogP contribution in [0.25, 0.3) is 0 Å². The van der Waals surface area contributed by atoms with Gasteiger partial charge in [0.1, 0.15) is 0 Å². The molecule has 0 aliphatic heterocycles. The lowest BCUT2D eigenvalue weighted by Crippen LogP contribution is -1.98. The molecule has 0 heterocycles. The summed E-state index contributed by atoms with van der Waals surface area (Å²) >= 11 is 15.3. The maximum absolute atomic E-state index is 6.08. The molecule has 74 valence electrons. The Labute approximate surface area is 103 Å². The Hall–Kier alpha value is -0.160. The molecular formula is C11H9BrCl2. The van der Waals surface area contributed by atoms with E-state index in [4.69, 9.17) is 23.2 Å². The van der Waals surface area contributed by atoms with Gasteiger partial charge in [-0.2, -0.15) is 0 Å². The molecule has 0 aliphatic carbocycles. The molecule has 0 nitrogen and oxygen atoms in total. The van der Waals surface area contributed by atoms with Gasteiger partial charge < -0.3 is 0 Å². The third kappa shape index (κ3) is 2.92. The van der Waals surface area contributed by atoms with Crippen LogP contribution >= 0.6 is 39.1 Å². The average Bonchev–Trinajstić information content (AvgIpc) is 2.15. The van der Waals surface area contributed by atoms with Crippen LogP contribution in [0.4, 0.5) is 0 Å². The highest BCUT2D eigenvalue weighted by atomic mass is 79.9. The van der Waals surface area contributed by atoms with E-state index in [-0.39, 0.29) is 5.92 Å². The van der Waals surface area contributed by atoms with E-state index in [2.05, 4.69) is 27.8 Å². The van der Waals surface area contributed by atoms with E-state index in [1.54, 1.807) is 6.92 Å². The normalized spacial score (nSPS) is 11.7. The maximum atomic E-state index is 6.08. The highest BCUT2D eigenvalue weighted by molar-refractivity contribution is 9.10. The molecule has 14 heavy (non-hydrogen) atoms. The molecule has 1 aromatic carbocycles. The zero-order valence-corrected chi connectivity index (χ0v) is 10.7. The molecule has 3 heteroatoms. The van der Waals surface area contributed by atoms with Gasteiger partial charge in [-0.25, -0.2) is 0 Å². The Morgan fingerprint density at radius 2 is 2.21 bits per heavy atom. The monoisotopic (exact) mass is 290 g/mol. The molecule has 0 spiro atoms. The lowest BCUT2D eigenvalue weighted by molar-refractivity contribution is 1.01. The van der Waals surface area contributed by atoms with Gasteiger partial charge in [0.15, 0.2) is 0 Å². The van der Waals surface area contributed by atoms with Crippen molar-refractivity contribution in [2.45, 2.75) is 12.8 Å². The largest absolute Gasteiger partial charge is 0.125 e. The van der Waals surface area contributed by atoms with Crippen LogP contribution in [0, 0.1) is 11.8 Å². The van der Waals surface area contributed by atoms with Crippen molar-refractivity contribution in [3.8, 4) is 11.8 Å². The highest BCUT2D eigenvalue weighted by Crippen LogP contribution is 2.28. The van der Waals surface area contributed by atoms with Crippen LogP contribution in [0.5, 0.6) is 0 Å². The first-order valence-corrected chi connectivity index (χ1v) is 5.82. The van der Waals surface area contributed by atoms with Crippen LogP contribution < -0.4 is 0 Å².